The van der Waals surface area contributed by atoms with Crippen LogP contribution in [0.5, 0.6) is 0 Å². The normalized spacial score (nSPS) is 20.2. The third-order valence-electron chi connectivity index (χ3n) is 6.32. The van der Waals surface area contributed by atoms with Gasteiger partial charge >= 0.3 is 0 Å². The Balaban J connectivity index is 1.33. The molecule has 2 aromatic rings. The second kappa shape index (κ2) is 9.93. The molecule has 0 saturated carbocycles. The van der Waals surface area contributed by atoms with Gasteiger partial charge in [-0.25, -0.2) is 4.39 Å². The first kappa shape index (κ1) is 21.3. The van der Waals surface area contributed by atoms with E-state index < -0.39 is 0 Å². The highest BCUT2D eigenvalue weighted by atomic mass is 19.1. The minimum atomic E-state index is -0.210. The summed E-state index contributed by atoms with van der Waals surface area (Å²) >= 11 is 0. The second-order valence-corrected chi connectivity index (χ2v) is 8.53. The third-order valence-corrected chi connectivity index (χ3v) is 6.32. The van der Waals surface area contributed by atoms with E-state index in [1.54, 1.807) is 12.1 Å². The number of hydrogen-bond acceptors (Lipinski definition) is 4. The van der Waals surface area contributed by atoms with Crippen LogP contribution < -0.4 is 4.90 Å². The Hall–Kier alpha value is -2.91. The summed E-state index contributed by atoms with van der Waals surface area (Å²) in [6.45, 7) is 5.60. The molecule has 2 aliphatic heterocycles. The highest BCUT2D eigenvalue weighted by Gasteiger charge is 2.30. The Morgan fingerprint density at radius 3 is 2.65 bits per heavy atom. The molecule has 2 aliphatic rings. The van der Waals surface area contributed by atoms with Gasteiger partial charge in [0.1, 0.15) is 5.82 Å². The standard InChI is InChI=1S/C25H29FN4O/c26-23-6-1-4-21(16-23)18-28-11-2-5-22(19-28)25(31)30-13-3-12-29(14-15-30)24-9-7-20(17-27)8-10-24/h1,4,6-10,16,22H,2-3,5,11-15,18-19H2. The lowest BCUT2D eigenvalue weighted by Crippen LogP contribution is -2.45. The number of nitriles is 1. The van der Waals surface area contributed by atoms with Gasteiger partial charge in [-0.1, -0.05) is 12.1 Å². The minimum Gasteiger partial charge on any atom is -0.370 e. The number of benzene rings is 2. The van der Waals surface area contributed by atoms with E-state index in [1.807, 2.05) is 35.2 Å². The van der Waals surface area contributed by atoms with Crippen molar-refractivity contribution in [3.05, 3.63) is 65.5 Å². The quantitative estimate of drug-likeness (QED) is 0.758. The lowest BCUT2D eigenvalue weighted by atomic mass is 9.96. The maximum atomic E-state index is 13.5. The maximum Gasteiger partial charge on any atom is 0.227 e. The zero-order valence-corrected chi connectivity index (χ0v) is 17.8. The molecular formula is C25H29FN4O. The van der Waals surface area contributed by atoms with Crippen LogP contribution in [0, 0.1) is 23.1 Å². The number of nitrogens with zero attached hydrogens (tertiary/aromatic N) is 4. The molecule has 4 rings (SSSR count). The highest BCUT2D eigenvalue weighted by Crippen LogP contribution is 2.23. The molecular weight excluding hydrogens is 391 g/mol. The average Bonchev–Trinajstić information content (AvgIpc) is 3.05. The smallest absolute Gasteiger partial charge is 0.227 e. The van der Waals surface area contributed by atoms with Gasteiger partial charge in [-0.05, 0) is 67.8 Å². The van der Waals surface area contributed by atoms with Gasteiger partial charge in [-0.15, -0.1) is 0 Å². The number of anilines is 1. The van der Waals surface area contributed by atoms with Crippen LogP contribution in [0.4, 0.5) is 10.1 Å². The minimum absolute atomic E-state index is 0.0174. The van der Waals surface area contributed by atoms with Gasteiger partial charge in [0.05, 0.1) is 17.6 Å². The van der Waals surface area contributed by atoms with Crippen molar-refractivity contribution in [3.8, 4) is 6.07 Å². The summed E-state index contributed by atoms with van der Waals surface area (Å²) in [7, 11) is 0. The number of hydrogen-bond donors (Lipinski definition) is 0. The van der Waals surface area contributed by atoms with E-state index in [-0.39, 0.29) is 17.6 Å². The van der Waals surface area contributed by atoms with Gasteiger partial charge in [-0.2, -0.15) is 5.26 Å². The molecule has 2 heterocycles. The van der Waals surface area contributed by atoms with E-state index >= 15 is 0 Å². The Morgan fingerprint density at radius 1 is 1.03 bits per heavy atom. The monoisotopic (exact) mass is 420 g/mol. The van der Waals surface area contributed by atoms with Gasteiger partial charge < -0.3 is 9.80 Å². The highest BCUT2D eigenvalue weighted by molar-refractivity contribution is 5.79. The van der Waals surface area contributed by atoms with E-state index in [0.29, 0.717) is 12.1 Å². The molecule has 0 aliphatic carbocycles. The molecule has 0 spiro atoms. The van der Waals surface area contributed by atoms with Crippen molar-refractivity contribution in [2.45, 2.75) is 25.8 Å². The van der Waals surface area contributed by atoms with Crippen LogP contribution in [-0.4, -0.2) is 55.0 Å². The van der Waals surface area contributed by atoms with E-state index in [4.69, 9.17) is 5.26 Å². The zero-order valence-electron chi connectivity index (χ0n) is 17.8. The number of rotatable bonds is 4. The number of halogens is 1. The van der Waals surface area contributed by atoms with Gasteiger partial charge in [0.2, 0.25) is 5.91 Å². The van der Waals surface area contributed by atoms with E-state index in [0.717, 1.165) is 69.8 Å². The molecule has 0 aromatic heterocycles. The Kier molecular flexibility index (Phi) is 6.83. The van der Waals surface area contributed by atoms with Crippen molar-refractivity contribution in [2.75, 3.05) is 44.2 Å². The van der Waals surface area contributed by atoms with Crippen LogP contribution in [0.1, 0.15) is 30.4 Å². The molecule has 2 aromatic carbocycles. The van der Waals surface area contributed by atoms with E-state index in [9.17, 15) is 9.18 Å². The molecule has 2 fully saturated rings. The van der Waals surface area contributed by atoms with Crippen molar-refractivity contribution in [3.63, 3.8) is 0 Å². The third kappa shape index (κ3) is 5.42. The molecule has 1 amide bonds. The summed E-state index contributed by atoms with van der Waals surface area (Å²) in [5, 5.41) is 8.99. The number of piperidine rings is 1. The number of likely N-dealkylation sites (tertiary alicyclic amines) is 1. The van der Waals surface area contributed by atoms with Gasteiger partial charge in [0.25, 0.3) is 0 Å². The molecule has 0 radical (unpaired) electrons. The summed E-state index contributed by atoms with van der Waals surface area (Å²) in [5.74, 6) is 0.0629. The van der Waals surface area contributed by atoms with Crippen molar-refractivity contribution >= 4 is 11.6 Å². The summed E-state index contributed by atoms with van der Waals surface area (Å²) in [6, 6.07) is 16.6. The van der Waals surface area contributed by atoms with Crippen molar-refractivity contribution in [1.82, 2.24) is 9.80 Å². The molecule has 1 atom stereocenters. The molecule has 0 N–H and O–H groups in total. The summed E-state index contributed by atoms with van der Waals surface area (Å²) in [5.41, 5.74) is 2.73. The number of carbonyl (C=O) groups excluding carboxylic acids is 1. The molecule has 2 saturated heterocycles. The van der Waals surface area contributed by atoms with Crippen molar-refractivity contribution < 1.29 is 9.18 Å². The predicted molar refractivity (Wildman–Crippen MR) is 119 cm³/mol. The van der Waals surface area contributed by atoms with Crippen LogP contribution in [0.15, 0.2) is 48.5 Å². The largest absolute Gasteiger partial charge is 0.370 e. The Morgan fingerprint density at radius 2 is 1.87 bits per heavy atom. The molecule has 6 heteroatoms. The summed E-state index contributed by atoms with van der Waals surface area (Å²) in [4.78, 5) is 19.9. The first-order chi connectivity index (χ1) is 15.1. The van der Waals surface area contributed by atoms with Crippen LogP contribution in [0.2, 0.25) is 0 Å². The van der Waals surface area contributed by atoms with Crippen molar-refractivity contribution in [2.24, 2.45) is 5.92 Å². The lowest BCUT2D eigenvalue weighted by molar-refractivity contribution is -0.137. The SMILES string of the molecule is N#Cc1ccc(N2CCCN(C(=O)C3CCCN(Cc4cccc(F)c4)C3)CC2)cc1. The van der Waals surface area contributed by atoms with Gasteiger partial charge in [0, 0.05) is 45.0 Å². The zero-order chi connectivity index (χ0) is 21.6. The van der Waals surface area contributed by atoms with Crippen LogP contribution >= 0.6 is 0 Å². The maximum absolute atomic E-state index is 13.5. The van der Waals surface area contributed by atoms with Crippen LogP contribution in [0.3, 0.4) is 0 Å². The summed E-state index contributed by atoms with van der Waals surface area (Å²) < 4.78 is 13.5. The van der Waals surface area contributed by atoms with Gasteiger partial charge in [-0.3, -0.25) is 9.69 Å². The lowest BCUT2D eigenvalue weighted by Gasteiger charge is -2.34. The number of amides is 1. The van der Waals surface area contributed by atoms with E-state index in [1.165, 1.54) is 6.07 Å². The average molecular weight is 421 g/mol. The Labute approximate surface area is 183 Å². The van der Waals surface area contributed by atoms with Crippen LogP contribution in [0.25, 0.3) is 0 Å². The predicted octanol–water partition coefficient (Wildman–Crippen LogP) is 3.65. The van der Waals surface area contributed by atoms with Crippen LogP contribution in [-0.2, 0) is 11.3 Å². The fraction of sp³-hybridized carbons (Fsp3) is 0.440. The Bertz CT molecular complexity index is 939. The van der Waals surface area contributed by atoms with Crippen molar-refractivity contribution in [1.29, 1.82) is 5.26 Å². The first-order valence-electron chi connectivity index (χ1n) is 11.1. The van der Waals surface area contributed by atoms with E-state index in [2.05, 4.69) is 15.9 Å². The second-order valence-electron chi connectivity index (χ2n) is 8.53. The molecule has 5 nitrogen and oxygen atoms in total. The molecule has 31 heavy (non-hydrogen) atoms. The topological polar surface area (TPSA) is 50.6 Å². The molecule has 1 unspecified atom stereocenters. The summed E-state index contributed by atoms with van der Waals surface area (Å²) in [6.07, 6.45) is 2.86. The fourth-order valence-corrected chi connectivity index (χ4v) is 4.70. The van der Waals surface area contributed by atoms with Gasteiger partial charge in [0.15, 0.2) is 0 Å². The first-order valence-corrected chi connectivity index (χ1v) is 11.1. The molecule has 0 bridgehead atoms. The number of carbonyl (C=O) groups is 1. The molecule has 162 valence electrons. The fourth-order valence-electron chi connectivity index (χ4n) is 4.70.